The molecule has 5 heterocycles. The zero-order valence-corrected chi connectivity index (χ0v) is 31.7. The number of carbonyl (C=O) groups is 4. The molecule has 296 valence electrons. The van der Waals surface area contributed by atoms with Gasteiger partial charge in [-0.3, -0.25) is 9.59 Å². The Morgan fingerprint density at radius 2 is 1.27 bits per heavy atom. The van der Waals surface area contributed by atoms with E-state index < -0.39 is 35.9 Å². The number of likely N-dealkylation sites (tertiary alicyclic amines) is 2. The highest BCUT2D eigenvalue weighted by atomic mass is 19.1. The van der Waals surface area contributed by atoms with Crippen molar-refractivity contribution in [3.05, 3.63) is 77.1 Å². The van der Waals surface area contributed by atoms with Gasteiger partial charge in [-0.2, -0.15) is 0 Å². The van der Waals surface area contributed by atoms with Gasteiger partial charge in [-0.1, -0.05) is 12.1 Å². The van der Waals surface area contributed by atoms with Crippen molar-refractivity contribution in [2.24, 2.45) is 0 Å². The number of alkyl carbamates (subject to hydrolysis) is 2. The summed E-state index contributed by atoms with van der Waals surface area (Å²) in [4.78, 5) is 70.2. The maximum Gasteiger partial charge on any atom is 0.407 e. The number of benzene rings is 2. The minimum Gasteiger partial charge on any atom is -0.453 e. The number of amides is 4. The first-order valence-electron chi connectivity index (χ1n) is 18.7. The minimum atomic E-state index is -0.802. The first-order chi connectivity index (χ1) is 26.9. The number of H-pyrrole nitrogens is 2. The second-order valence-electron chi connectivity index (χ2n) is 14.4. The number of ether oxygens (including phenoxy) is 2. The van der Waals surface area contributed by atoms with E-state index in [-0.39, 0.29) is 35.1 Å². The zero-order chi connectivity index (χ0) is 39.7. The molecule has 3 aliphatic rings. The van der Waals surface area contributed by atoms with Crippen molar-refractivity contribution in [3.8, 4) is 22.5 Å². The summed E-state index contributed by atoms with van der Waals surface area (Å²) in [7, 11) is 2.48. The summed E-state index contributed by atoms with van der Waals surface area (Å²) in [5.74, 6) is -0.731. The number of aromatic amines is 2. The molecule has 0 spiro atoms. The molecule has 4 amide bonds. The first-order valence-corrected chi connectivity index (χ1v) is 18.7. The van der Waals surface area contributed by atoms with Gasteiger partial charge in [-0.05, 0) is 80.8 Å². The predicted octanol–water partition coefficient (Wildman–Crippen LogP) is 5.12. The van der Waals surface area contributed by atoms with Gasteiger partial charge in [-0.25, -0.2) is 28.3 Å². The molecule has 2 aromatic carbocycles. The van der Waals surface area contributed by atoms with Gasteiger partial charge in [0.25, 0.3) is 0 Å². The third kappa shape index (κ3) is 7.62. The molecular weight excluding hydrogens is 728 g/mol. The van der Waals surface area contributed by atoms with Crippen molar-refractivity contribution in [2.75, 3.05) is 38.8 Å². The predicted molar refractivity (Wildman–Crippen MR) is 200 cm³/mol. The van der Waals surface area contributed by atoms with Crippen molar-refractivity contribution in [2.45, 2.75) is 76.7 Å². The number of hydrogen-bond donors (Lipinski definition) is 4. The van der Waals surface area contributed by atoms with Crippen molar-refractivity contribution in [1.82, 2.24) is 40.4 Å². The van der Waals surface area contributed by atoms with Crippen LogP contribution in [-0.2, 0) is 32.0 Å². The van der Waals surface area contributed by atoms with E-state index in [9.17, 15) is 19.2 Å². The van der Waals surface area contributed by atoms with Gasteiger partial charge in [0.05, 0.1) is 50.1 Å². The molecule has 4 N–H and O–H groups in total. The van der Waals surface area contributed by atoms with E-state index >= 15 is 8.78 Å². The summed E-state index contributed by atoms with van der Waals surface area (Å²) in [5.41, 5.74) is 4.31. The summed E-state index contributed by atoms with van der Waals surface area (Å²) in [6.45, 7) is 4.96. The van der Waals surface area contributed by atoms with Crippen LogP contribution in [0.25, 0.3) is 22.5 Å². The maximum absolute atomic E-state index is 15.8. The molecule has 15 nitrogen and oxygen atoms in total. The highest BCUT2D eigenvalue weighted by Gasteiger charge is 2.36. The smallest absolute Gasteiger partial charge is 0.407 e. The van der Waals surface area contributed by atoms with Crippen LogP contribution < -0.4 is 15.5 Å². The summed E-state index contributed by atoms with van der Waals surface area (Å²) < 4.78 is 40.8. The quantitative estimate of drug-likeness (QED) is 0.180. The number of methoxy groups -OCH3 is 2. The van der Waals surface area contributed by atoms with Gasteiger partial charge < -0.3 is 44.8 Å². The zero-order valence-electron chi connectivity index (χ0n) is 31.7. The van der Waals surface area contributed by atoms with Crippen molar-refractivity contribution in [3.63, 3.8) is 0 Å². The monoisotopic (exact) mass is 773 g/mol. The van der Waals surface area contributed by atoms with Crippen LogP contribution in [-0.4, -0.2) is 99.7 Å². The molecule has 0 bridgehead atoms. The fourth-order valence-electron chi connectivity index (χ4n) is 7.96. The first kappa shape index (κ1) is 38.3. The van der Waals surface area contributed by atoms with Gasteiger partial charge in [-0.15, -0.1) is 0 Å². The van der Waals surface area contributed by atoms with Gasteiger partial charge in [0.1, 0.15) is 41.1 Å². The largest absolute Gasteiger partial charge is 0.453 e. The molecule has 4 unspecified atom stereocenters. The normalized spacial score (nSPS) is 19.0. The lowest BCUT2D eigenvalue weighted by atomic mass is 9.96. The Morgan fingerprint density at radius 1 is 0.750 bits per heavy atom. The van der Waals surface area contributed by atoms with E-state index in [1.807, 2.05) is 12.1 Å². The number of fused-ring (bicyclic) bond motifs is 1. The van der Waals surface area contributed by atoms with Crippen LogP contribution in [0.3, 0.4) is 0 Å². The highest BCUT2D eigenvalue weighted by Crippen LogP contribution is 2.37. The van der Waals surface area contributed by atoms with E-state index in [1.54, 1.807) is 34.7 Å². The molecule has 56 heavy (non-hydrogen) atoms. The topological polar surface area (TPSA) is 178 Å². The molecule has 0 aliphatic carbocycles. The Bertz CT molecular complexity index is 2120. The average Bonchev–Trinajstić information content (AvgIpc) is 4.03. The molecule has 0 saturated carbocycles. The van der Waals surface area contributed by atoms with E-state index in [1.165, 1.54) is 32.5 Å². The number of hydrogen-bond acceptors (Lipinski definition) is 9. The Balaban J connectivity index is 1.02. The van der Waals surface area contributed by atoms with Gasteiger partial charge in [0.2, 0.25) is 11.8 Å². The number of nitrogens with one attached hydrogen (secondary N) is 4. The molecule has 7 rings (SSSR count). The minimum absolute atomic E-state index is 0.104. The lowest BCUT2D eigenvalue weighted by Crippen LogP contribution is -2.46. The number of aromatic nitrogens is 4. The van der Waals surface area contributed by atoms with Crippen molar-refractivity contribution < 1.29 is 37.4 Å². The lowest BCUT2D eigenvalue weighted by Gasteiger charge is -2.31. The molecule has 4 atom stereocenters. The standard InChI is InChI=1S/C39H45F2N9O6/c1-21(44-38(53)55-3)36(51)49-12-5-7-31(49)34-42-18-29(46-34)24-9-10-25-20-48(14-11-23(25)15-24)33-27(40)16-26(17-28(33)41)30-19-43-35(47-30)32-8-6-13-50(32)37(52)22(2)45-39(54)56-4/h9-10,15-19,21-22,31-32H,5-8,11-14,20H2,1-4H3,(H,42,46)(H,43,47)(H,44,53)(H,45,54). The summed E-state index contributed by atoms with van der Waals surface area (Å²) in [6, 6.07) is 6.37. The van der Waals surface area contributed by atoms with Crippen molar-refractivity contribution in [1.29, 1.82) is 0 Å². The summed E-state index contributed by atoms with van der Waals surface area (Å²) in [6.07, 6.45) is 5.37. The molecule has 17 heteroatoms. The SMILES string of the molecule is COC(=O)NC(C)C(=O)N1CCCC1c1ncc(-c2cc(F)c(N3CCc4cc(-c5cnc(C6CCCN6C(=O)C(C)NC(=O)OC)[nH]5)ccc4C3)c(F)c2)[nH]1. The molecule has 2 aromatic heterocycles. The Kier molecular flexibility index (Phi) is 10.9. The second-order valence-corrected chi connectivity index (χ2v) is 14.4. The molecule has 0 radical (unpaired) electrons. The van der Waals surface area contributed by atoms with Crippen LogP contribution in [0.15, 0.2) is 42.7 Å². The van der Waals surface area contributed by atoms with Gasteiger partial charge >= 0.3 is 12.2 Å². The lowest BCUT2D eigenvalue weighted by molar-refractivity contribution is -0.134. The maximum atomic E-state index is 15.8. The van der Waals surface area contributed by atoms with Crippen LogP contribution in [0.2, 0.25) is 0 Å². The highest BCUT2D eigenvalue weighted by molar-refractivity contribution is 5.86. The molecule has 3 aliphatic heterocycles. The third-order valence-electron chi connectivity index (χ3n) is 10.8. The molecule has 4 aromatic rings. The number of halogens is 2. The van der Waals surface area contributed by atoms with Crippen LogP contribution in [0, 0.1) is 11.6 Å². The Hall–Kier alpha value is -6.00. The Labute approximate surface area is 322 Å². The number of nitrogens with zero attached hydrogens (tertiary/aromatic N) is 5. The number of rotatable bonds is 9. The molecule has 2 saturated heterocycles. The third-order valence-corrected chi connectivity index (χ3v) is 10.8. The van der Waals surface area contributed by atoms with E-state index in [4.69, 9.17) is 0 Å². The number of anilines is 1. The number of imidazole rings is 2. The average molecular weight is 774 g/mol. The fourth-order valence-corrected chi connectivity index (χ4v) is 7.96. The Morgan fingerprint density at radius 3 is 1.79 bits per heavy atom. The van der Waals surface area contributed by atoms with Gasteiger partial charge in [0, 0.05) is 31.7 Å². The van der Waals surface area contributed by atoms with Crippen molar-refractivity contribution >= 4 is 29.7 Å². The fraction of sp³-hybridized carbons (Fsp3) is 0.436. The van der Waals surface area contributed by atoms with E-state index in [0.717, 1.165) is 41.6 Å². The van der Waals surface area contributed by atoms with Crippen LogP contribution in [0.1, 0.15) is 74.4 Å². The van der Waals surface area contributed by atoms with Crippen LogP contribution >= 0.6 is 0 Å². The van der Waals surface area contributed by atoms with Gasteiger partial charge in [0.15, 0.2) is 0 Å². The summed E-state index contributed by atoms with van der Waals surface area (Å²) in [5, 5.41) is 5.03. The second kappa shape index (κ2) is 16.0. The molecule has 2 fully saturated rings. The van der Waals surface area contributed by atoms with E-state index in [0.29, 0.717) is 56.4 Å². The van der Waals surface area contributed by atoms with E-state index in [2.05, 4.69) is 46.1 Å². The van der Waals surface area contributed by atoms with Crippen LogP contribution in [0.4, 0.5) is 24.1 Å². The van der Waals surface area contributed by atoms with Crippen LogP contribution in [0.5, 0.6) is 0 Å². The summed E-state index contributed by atoms with van der Waals surface area (Å²) >= 11 is 0. The number of carbonyl (C=O) groups excluding carboxylic acids is 4. The molecular formula is C39H45F2N9O6.